The Hall–Kier alpha value is -1.91. The van der Waals surface area contributed by atoms with Gasteiger partial charge in [-0.2, -0.15) is 0 Å². The van der Waals surface area contributed by atoms with Gasteiger partial charge in [0.1, 0.15) is 5.82 Å². The van der Waals surface area contributed by atoms with Crippen LogP contribution in [0.2, 0.25) is 5.02 Å². The molecule has 3 nitrogen and oxygen atoms in total. The van der Waals surface area contributed by atoms with Crippen molar-refractivity contribution in [1.29, 1.82) is 0 Å². The summed E-state index contributed by atoms with van der Waals surface area (Å²) in [5.41, 5.74) is 1.95. The Morgan fingerprint density at radius 2 is 1.95 bits per heavy atom. The molecule has 0 aliphatic heterocycles. The molecule has 1 amide bonds. The zero-order valence-corrected chi connectivity index (χ0v) is 11.3. The van der Waals surface area contributed by atoms with Gasteiger partial charge in [-0.25, -0.2) is 4.39 Å². The van der Waals surface area contributed by atoms with Crippen LogP contribution in [-0.4, -0.2) is 11.0 Å². The molecule has 0 bridgehead atoms. The number of nitrogens with one attached hydrogen (secondary N) is 1. The molecule has 0 radical (unpaired) electrons. The summed E-state index contributed by atoms with van der Waals surface area (Å²) in [6.07, 6.45) is 0. The summed E-state index contributed by atoms with van der Waals surface area (Å²) in [4.78, 5) is 11.9. The van der Waals surface area contributed by atoms with Crippen LogP contribution >= 0.6 is 11.6 Å². The van der Waals surface area contributed by atoms with Gasteiger partial charge in [-0.05, 0) is 29.3 Å². The maximum absolute atomic E-state index is 13.0. The van der Waals surface area contributed by atoms with E-state index in [0.717, 1.165) is 17.2 Å². The van der Waals surface area contributed by atoms with Crippen molar-refractivity contribution in [1.82, 2.24) is 5.32 Å². The molecule has 104 valence electrons. The third kappa shape index (κ3) is 3.56. The van der Waals surface area contributed by atoms with Gasteiger partial charge in [0.05, 0.1) is 11.6 Å². The minimum atomic E-state index is -0.557. The quantitative estimate of drug-likeness (QED) is 0.910. The Bertz CT molecular complexity index is 631. The number of benzene rings is 2. The zero-order chi connectivity index (χ0) is 14.5. The highest BCUT2D eigenvalue weighted by Crippen LogP contribution is 2.16. The summed E-state index contributed by atoms with van der Waals surface area (Å²) in [7, 11) is 0. The fourth-order valence-corrected chi connectivity index (χ4v) is 1.94. The number of amides is 1. The number of aliphatic hydroxyl groups excluding tert-OH is 1. The molecular formula is C15H13ClFNO2. The van der Waals surface area contributed by atoms with Crippen LogP contribution in [0.4, 0.5) is 4.39 Å². The predicted octanol–water partition coefficient (Wildman–Crippen LogP) is 2.90. The van der Waals surface area contributed by atoms with Crippen molar-refractivity contribution >= 4 is 17.5 Å². The van der Waals surface area contributed by atoms with E-state index in [9.17, 15) is 9.18 Å². The first-order valence-electron chi connectivity index (χ1n) is 6.02. The molecule has 0 aromatic heterocycles. The first-order chi connectivity index (χ1) is 9.60. The van der Waals surface area contributed by atoms with Crippen LogP contribution in [0.5, 0.6) is 0 Å². The van der Waals surface area contributed by atoms with E-state index < -0.39 is 5.82 Å². The Balaban J connectivity index is 2.02. The van der Waals surface area contributed by atoms with Crippen molar-refractivity contribution in [3.8, 4) is 0 Å². The van der Waals surface area contributed by atoms with Gasteiger partial charge in [0.25, 0.3) is 5.91 Å². The highest BCUT2D eigenvalue weighted by Gasteiger charge is 2.08. The standard InChI is InChI=1S/C15H13ClFNO2/c16-13-7-12(4-5-14(13)17)15(20)18-8-10-2-1-3-11(6-10)9-19/h1-7,19H,8-9H2,(H,18,20). The van der Waals surface area contributed by atoms with Crippen molar-refractivity contribution < 1.29 is 14.3 Å². The minimum Gasteiger partial charge on any atom is -0.392 e. The topological polar surface area (TPSA) is 49.3 Å². The molecule has 0 aliphatic carbocycles. The van der Waals surface area contributed by atoms with E-state index in [1.54, 1.807) is 12.1 Å². The largest absolute Gasteiger partial charge is 0.392 e. The van der Waals surface area contributed by atoms with E-state index in [-0.39, 0.29) is 17.5 Å². The molecule has 5 heteroatoms. The molecule has 0 aliphatic rings. The molecule has 2 aromatic rings. The number of hydrogen-bond acceptors (Lipinski definition) is 2. The molecular weight excluding hydrogens is 281 g/mol. The van der Waals surface area contributed by atoms with E-state index in [1.807, 2.05) is 12.1 Å². The SMILES string of the molecule is O=C(NCc1cccc(CO)c1)c1ccc(F)c(Cl)c1. The van der Waals surface area contributed by atoms with E-state index >= 15 is 0 Å². The lowest BCUT2D eigenvalue weighted by atomic mass is 10.1. The lowest BCUT2D eigenvalue weighted by Crippen LogP contribution is -2.22. The van der Waals surface area contributed by atoms with Gasteiger partial charge >= 0.3 is 0 Å². The van der Waals surface area contributed by atoms with Crippen LogP contribution in [-0.2, 0) is 13.2 Å². The van der Waals surface area contributed by atoms with Crippen molar-refractivity contribution in [3.63, 3.8) is 0 Å². The number of carbonyl (C=O) groups is 1. The van der Waals surface area contributed by atoms with E-state index in [2.05, 4.69) is 5.32 Å². The Morgan fingerprint density at radius 1 is 1.20 bits per heavy atom. The van der Waals surface area contributed by atoms with Crippen LogP contribution in [0.1, 0.15) is 21.5 Å². The lowest BCUT2D eigenvalue weighted by molar-refractivity contribution is 0.0951. The molecule has 0 saturated carbocycles. The van der Waals surface area contributed by atoms with Crippen molar-refractivity contribution in [2.24, 2.45) is 0 Å². The second-order valence-electron chi connectivity index (χ2n) is 4.29. The van der Waals surface area contributed by atoms with Crippen LogP contribution in [0.15, 0.2) is 42.5 Å². The van der Waals surface area contributed by atoms with Gasteiger partial charge in [0.15, 0.2) is 0 Å². The number of hydrogen-bond donors (Lipinski definition) is 2. The Kier molecular flexibility index (Phi) is 4.71. The lowest BCUT2D eigenvalue weighted by Gasteiger charge is -2.07. The third-order valence-corrected chi connectivity index (χ3v) is 3.10. The molecule has 0 atom stereocenters. The normalized spacial score (nSPS) is 10.3. The summed E-state index contributed by atoms with van der Waals surface area (Å²) < 4.78 is 13.0. The van der Waals surface area contributed by atoms with Gasteiger partial charge in [-0.1, -0.05) is 35.9 Å². The van der Waals surface area contributed by atoms with Crippen LogP contribution < -0.4 is 5.32 Å². The predicted molar refractivity (Wildman–Crippen MR) is 74.9 cm³/mol. The molecule has 2 rings (SSSR count). The van der Waals surface area contributed by atoms with Gasteiger partial charge in [-0.15, -0.1) is 0 Å². The molecule has 0 saturated heterocycles. The van der Waals surface area contributed by atoms with Crippen molar-refractivity contribution in [3.05, 3.63) is 70.0 Å². The summed E-state index contributed by atoms with van der Waals surface area (Å²) in [6, 6.07) is 11.1. The monoisotopic (exact) mass is 293 g/mol. The first-order valence-corrected chi connectivity index (χ1v) is 6.40. The van der Waals surface area contributed by atoms with Crippen molar-refractivity contribution in [2.75, 3.05) is 0 Å². The van der Waals surface area contributed by atoms with Crippen LogP contribution in [0.3, 0.4) is 0 Å². The summed E-state index contributed by atoms with van der Waals surface area (Å²) >= 11 is 5.63. The highest BCUT2D eigenvalue weighted by molar-refractivity contribution is 6.31. The number of rotatable bonds is 4. The molecule has 20 heavy (non-hydrogen) atoms. The average molecular weight is 294 g/mol. The number of carbonyl (C=O) groups excluding carboxylic acids is 1. The molecule has 2 N–H and O–H groups in total. The second kappa shape index (κ2) is 6.50. The molecule has 2 aromatic carbocycles. The van der Waals surface area contributed by atoms with E-state index in [1.165, 1.54) is 12.1 Å². The number of halogens is 2. The van der Waals surface area contributed by atoms with Gasteiger partial charge < -0.3 is 10.4 Å². The van der Waals surface area contributed by atoms with Crippen LogP contribution in [0.25, 0.3) is 0 Å². The van der Waals surface area contributed by atoms with Gasteiger partial charge in [-0.3, -0.25) is 4.79 Å². The number of aliphatic hydroxyl groups is 1. The Morgan fingerprint density at radius 3 is 2.65 bits per heavy atom. The summed E-state index contributed by atoms with van der Waals surface area (Å²) in [5, 5.41) is 11.7. The van der Waals surface area contributed by atoms with E-state index in [0.29, 0.717) is 12.1 Å². The second-order valence-corrected chi connectivity index (χ2v) is 4.70. The highest BCUT2D eigenvalue weighted by atomic mass is 35.5. The molecule has 0 heterocycles. The average Bonchev–Trinajstić information content (AvgIpc) is 2.47. The zero-order valence-electron chi connectivity index (χ0n) is 10.6. The van der Waals surface area contributed by atoms with Gasteiger partial charge in [0, 0.05) is 12.1 Å². The fraction of sp³-hybridized carbons (Fsp3) is 0.133. The summed E-state index contributed by atoms with van der Waals surface area (Å²) in [5.74, 6) is -0.889. The van der Waals surface area contributed by atoms with Gasteiger partial charge in [0.2, 0.25) is 0 Å². The first kappa shape index (κ1) is 14.5. The Labute approximate surface area is 121 Å². The maximum Gasteiger partial charge on any atom is 0.251 e. The van der Waals surface area contributed by atoms with Crippen LogP contribution in [0, 0.1) is 5.82 Å². The smallest absolute Gasteiger partial charge is 0.251 e. The minimum absolute atomic E-state index is 0.0463. The fourth-order valence-electron chi connectivity index (χ4n) is 1.76. The maximum atomic E-state index is 13.0. The molecule has 0 unspecified atom stereocenters. The molecule has 0 spiro atoms. The van der Waals surface area contributed by atoms with E-state index in [4.69, 9.17) is 16.7 Å². The van der Waals surface area contributed by atoms with Crippen molar-refractivity contribution in [2.45, 2.75) is 13.2 Å². The third-order valence-electron chi connectivity index (χ3n) is 2.81. The summed E-state index contributed by atoms with van der Waals surface area (Å²) in [6.45, 7) is 0.275. The molecule has 0 fully saturated rings.